The van der Waals surface area contributed by atoms with E-state index in [1.165, 1.54) is 32.1 Å². The molecule has 0 amide bonds. The minimum absolute atomic E-state index is 0.00915. The third kappa shape index (κ3) is 4.40. The summed E-state index contributed by atoms with van der Waals surface area (Å²) in [5.74, 6) is 0.720. The fourth-order valence-corrected chi connectivity index (χ4v) is 4.89. The summed E-state index contributed by atoms with van der Waals surface area (Å²) in [5, 5.41) is 24.2. The second-order valence-corrected chi connectivity index (χ2v) is 8.24. The van der Waals surface area contributed by atoms with Gasteiger partial charge in [0.1, 0.15) is 0 Å². The van der Waals surface area contributed by atoms with Crippen molar-refractivity contribution in [3.63, 3.8) is 0 Å². The van der Waals surface area contributed by atoms with Crippen molar-refractivity contribution in [2.24, 2.45) is 11.8 Å². The summed E-state index contributed by atoms with van der Waals surface area (Å²) in [6, 6.07) is 6.52. The average Bonchev–Trinajstić information content (AvgIpc) is 3.03. The molecule has 0 spiro atoms. The van der Waals surface area contributed by atoms with Crippen molar-refractivity contribution in [1.82, 2.24) is 20.3 Å². The van der Waals surface area contributed by atoms with E-state index in [2.05, 4.69) is 15.3 Å². The lowest BCUT2D eigenvalue weighted by atomic mass is 9.87. The number of aliphatic hydroxyl groups excluding tert-OH is 2. The minimum Gasteiger partial charge on any atom is -0.396 e. The molecule has 0 bridgehead atoms. The van der Waals surface area contributed by atoms with Crippen LogP contribution < -0.4 is 5.32 Å². The van der Waals surface area contributed by atoms with E-state index in [9.17, 15) is 10.2 Å². The van der Waals surface area contributed by atoms with Crippen LogP contribution in [0.15, 0.2) is 36.8 Å². The van der Waals surface area contributed by atoms with Crippen LogP contribution in [0.2, 0.25) is 0 Å². The Morgan fingerprint density at radius 3 is 2.68 bits per heavy atom. The highest BCUT2D eigenvalue weighted by atomic mass is 16.3. The Bertz CT molecular complexity index is 751. The molecule has 2 aromatic rings. The van der Waals surface area contributed by atoms with E-state index in [1.54, 1.807) is 18.6 Å². The molecule has 150 valence electrons. The first-order valence-electron chi connectivity index (χ1n) is 10.5. The number of nitrogens with one attached hydrogen (secondary N) is 1. The zero-order chi connectivity index (χ0) is 19.3. The molecule has 4 atom stereocenters. The maximum Gasteiger partial charge on any atom is 0.160 e. The first-order chi connectivity index (χ1) is 13.7. The molecule has 4 rings (SSSR count). The molecule has 0 aromatic carbocycles. The Hall–Kier alpha value is -1.89. The van der Waals surface area contributed by atoms with E-state index in [0.29, 0.717) is 18.3 Å². The summed E-state index contributed by atoms with van der Waals surface area (Å²) in [7, 11) is 0. The van der Waals surface area contributed by atoms with Crippen molar-refractivity contribution in [2.75, 3.05) is 6.61 Å². The van der Waals surface area contributed by atoms with Crippen LogP contribution in [-0.2, 0) is 6.42 Å². The van der Waals surface area contributed by atoms with Crippen molar-refractivity contribution in [3.05, 3.63) is 42.5 Å². The molecular weight excluding hydrogens is 352 g/mol. The SMILES string of the molecule is OC[C@@H]1[C@@H](Cc2ccnc(-c3cccnc3)n2)[C@H](NC2CCCCC2)C[C@H]1O. The third-order valence-corrected chi connectivity index (χ3v) is 6.40. The smallest absolute Gasteiger partial charge is 0.160 e. The Morgan fingerprint density at radius 1 is 1.07 bits per heavy atom. The number of aromatic nitrogens is 3. The van der Waals surface area contributed by atoms with Crippen molar-refractivity contribution < 1.29 is 10.2 Å². The lowest BCUT2D eigenvalue weighted by molar-refractivity contribution is 0.0715. The largest absolute Gasteiger partial charge is 0.396 e. The van der Waals surface area contributed by atoms with Gasteiger partial charge >= 0.3 is 0 Å². The molecular formula is C22H30N4O2. The van der Waals surface area contributed by atoms with E-state index in [1.807, 2.05) is 18.2 Å². The van der Waals surface area contributed by atoms with E-state index >= 15 is 0 Å². The maximum absolute atomic E-state index is 10.5. The standard InChI is InChI=1S/C22H30N4O2/c27-14-19-18(20(12-21(19)28)25-16-6-2-1-3-7-16)11-17-8-10-24-22(26-17)15-5-4-9-23-13-15/h4-5,8-10,13,16,18-21,25,27-28H,1-3,6-7,11-12,14H2/t18-,19-,20-,21-/m1/s1. The molecule has 2 saturated carbocycles. The predicted octanol–water partition coefficient (Wildman–Crippen LogP) is 2.36. The number of nitrogens with zero attached hydrogens (tertiary/aromatic N) is 3. The second kappa shape index (κ2) is 9.07. The average molecular weight is 383 g/mol. The van der Waals surface area contributed by atoms with Gasteiger partial charge in [0.15, 0.2) is 5.82 Å². The fourth-order valence-electron chi connectivity index (χ4n) is 4.89. The molecule has 2 aliphatic carbocycles. The van der Waals surface area contributed by atoms with E-state index in [4.69, 9.17) is 4.98 Å². The van der Waals surface area contributed by atoms with Crippen LogP contribution in [0.5, 0.6) is 0 Å². The van der Waals surface area contributed by atoms with Gasteiger partial charge in [-0.15, -0.1) is 0 Å². The lowest BCUT2D eigenvalue weighted by Crippen LogP contribution is -2.43. The van der Waals surface area contributed by atoms with Gasteiger partial charge < -0.3 is 15.5 Å². The number of hydrogen-bond acceptors (Lipinski definition) is 6. The Labute approximate surface area is 166 Å². The molecule has 0 aliphatic heterocycles. The fraction of sp³-hybridized carbons (Fsp3) is 0.591. The monoisotopic (exact) mass is 382 g/mol. The van der Waals surface area contributed by atoms with Crippen LogP contribution in [0.4, 0.5) is 0 Å². The van der Waals surface area contributed by atoms with Crippen molar-refractivity contribution in [1.29, 1.82) is 0 Å². The van der Waals surface area contributed by atoms with Crippen LogP contribution in [0.25, 0.3) is 11.4 Å². The Balaban J connectivity index is 1.51. The van der Waals surface area contributed by atoms with Crippen LogP contribution >= 0.6 is 0 Å². The highest BCUT2D eigenvalue weighted by Gasteiger charge is 2.42. The summed E-state index contributed by atoms with van der Waals surface area (Å²) >= 11 is 0. The number of pyridine rings is 1. The van der Waals surface area contributed by atoms with Gasteiger partial charge in [-0.3, -0.25) is 4.98 Å². The quantitative estimate of drug-likeness (QED) is 0.710. The van der Waals surface area contributed by atoms with Crippen molar-refractivity contribution in [2.45, 2.75) is 63.1 Å². The summed E-state index contributed by atoms with van der Waals surface area (Å²) in [5.41, 5.74) is 1.84. The van der Waals surface area contributed by atoms with Crippen LogP contribution in [-0.4, -0.2) is 50.0 Å². The normalized spacial score (nSPS) is 28.5. The van der Waals surface area contributed by atoms with Gasteiger partial charge in [0.25, 0.3) is 0 Å². The first-order valence-corrected chi connectivity index (χ1v) is 10.5. The van der Waals surface area contributed by atoms with Crippen molar-refractivity contribution in [3.8, 4) is 11.4 Å². The third-order valence-electron chi connectivity index (χ3n) is 6.40. The molecule has 2 aromatic heterocycles. The zero-order valence-electron chi connectivity index (χ0n) is 16.2. The Kier molecular flexibility index (Phi) is 6.29. The predicted molar refractivity (Wildman–Crippen MR) is 107 cm³/mol. The molecule has 28 heavy (non-hydrogen) atoms. The van der Waals surface area contributed by atoms with E-state index in [0.717, 1.165) is 17.7 Å². The van der Waals surface area contributed by atoms with Crippen LogP contribution in [0.1, 0.15) is 44.2 Å². The molecule has 2 fully saturated rings. The van der Waals surface area contributed by atoms with Gasteiger partial charge in [-0.1, -0.05) is 19.3 Å². The van der Waals surface area contributed by atoms with Gasteiger partial charge in [0, 0.05) is 54.5 Å². The van der Waals surface area contributed by atoms with Gasteiger partial charge in [0.2, 0.25) is 0 Å². The molecule has 6 heteroatoms. The van der Waals surface area contributed by atoms with Gasteiger partial charge in [-0.25, -0.2) is 9.97 Å². The molecule has 2 aliphatic rings. The number of rotatable bonds is 6. The minimum atomic E-state index is -0.462. The first kappa shape index (κ1) is 19.4. The molecule has 0 unspecified atom stereocenters. The van der Waals surface area contributed by atoms with Crippen LogP contribution in [0, 0.1) is 11.8 Å². The maximum atomic E-state index is 10.5. The number of hydrogen-bond donors (Lipinski definition) is 3. The molecule has 3 N–H and O–H groups in total. The van der Waals surface area contributed by atoms with Gasteiger partial charge in [-0.2, -0.15) is 0 Å². The molecule has 0 saturated heterocycles. The summed E-state index contributed by atoms with van der Waals surface area (Å²) in [4.78, 5) is 13.3. The van der Waals surface area contributed by atoms with E-state index in [-0.39, 0.29) is 24.5 Å². The number of aliphatic hydroxyl groups is 2. The van der Waals surface area contributed by atoms with Gasteiger partial charge in [0.05, 0.1) is 6.10 Å². The lowest BCUT2D eigenvalue weighted by Gasteiger charge is -2.31. The summed E-state index contributed by atoms with van der Waals surface area (Å²) in [6.45, 7) is 0.00915. The topological polar surface area (TPSA) is 91.2 Å². The molecule has 6 nitrogen and oxygen atoms in total. The highest BCUT2D eigenvalue weighted by molar-refractivity contribution is 5.52. The summed E-state index contributed by atoms with van der Waals surface area (Å²) in [6.07, 6.45) is 12.6. The highest BCUT2D eigenvalue weighted by Crippen LogP contribution is 2.36. The van der Waals surface area contributed by atoms with E-state index < -0.39 is 6.10 Å². The summed E-state index contributed by atoms with van der Waals surface area (Å²) < 4.78 is 0. The van der Waals surface area contributed by atoms with Crippen LogP contribution in [0.3, 0.4) is 0 Å². The Morgan fingerprint density at radius 2 is 1.93 bits per heavy atom. The molecule has 2 heterocycles. The second-order valence-electron chi connectivity index (χ2n) is 8.24. The zero-order valence-corrected chi connectivity index (χ0v) is 16.2. The molecule has 0 radical (unpaired) electrons. The van der Waals surface area contributed by atoms with Gasteiger partial charge in [-0.05, 0) is 49.8 Å². The van der Waals surface area contributed by atoms with Crippen molar-refractivity contribution >= 4 is 0 Å².